The summed E-state index contributed by atoms with van der Waals surface area (Å²) in [5, 5.41) is 8.39. The number of pyridine rings is 1. The van der Waals surface area contributed by atoms with Crippen LogP contribution in [0.4, 0.5) is 10.8 Å². The molecule has 1 aromatic carbocycles. The van der Waals surface area contributed by atoms with Crippen LogP contribution in [0.3, 0.4) is 0 Å². The lowest BCUT2D eigenvalue weighted by molar-refractivity contribution is -0.120. The first-order chi connectivity index (χ1) is 12.9. The van der Waals surface area contributed by atoms with E-state index in [1.165, 1.54) is 29.7 Å². The second kappa shape index (κ2) is 8.28. The first-order valence-electron chi connectivity index (χ1n) is 8.07. The van der Waals surface area contributed by atoms with Crippen molar-refractivity contribution in [3.63, 3.8) is 0 Å². The molecule has 0 spiro atoms. The Balaban J connectivity index is 1.54. The largest absolute Gasteiger partial charge is 0.352 e. The average molecular weight is 403 g/mol. The van der Waals surface area contributed by atoms with Gasteiger partial charge < -0.3 is 10.6 Å². The van der Waals surface area contributed by atoms with E-state index in [4.69, 9.17) is 0 Å². The van der Waals surface area contributed by atoms with Crippen LogP contribution in [0.1, 0.15) is 11.3 Å². The molecule has 0 saturated carbocycles. The average Bonchev–Trinajstić information content (AvgIpc) is 3.07. The Kier molecular flexibility index (Phi) is 5.82. The lowest BCUT2D eigenvalue weighted by Crippen LogP contribution is -2.24. The van der Waals surface area contributed by atoms with Gasteiger partial charge >= 0.3 is 0 Å². The lowest BCUT2D eigenvalue weighted by Gasteiger charge is -2.04. The van der Waals surface area contributed by atoms with Gasteiger partial charge in [0.05, 0.1) is 17.0 Å². The Labute approximate surface area is 161 Å². The number of hydrogen-bond donors (Lipinski definition) is 2. The van der Waals surface area contributed by atoms with E-state index < -0.39 is 9.84 Å². The molecule has 2 heterocycles. The quantitative estimate of drug-likeness (QED) is 0.630. The molecule has 2 N–H and O–H groups in total. The Morgan fingerprint density at radius 1 is 1.19 bits per heavy atom. The van der Waals surface area contributed by atoms with Gasteiger partial charge in [-0.2, -0.15) is 0 Å². The zero-order chi connectivity index (χ0) is 19.3. The molecule has 0 radical (unpaired) electrons. The Morgan fingerprint density at radius 3 is 2.63 bits per heavy atom. The SMILES string of the molecule is CS(=O)(=O)c1ccc(Nc2nc(CC(=O)NCc3cccnc3)cs2)cc1. The van der Waals surface area contributed by atoms with Crippen molar-refractivity contribution in [2.75, 3.05) is 11.6 Å². The number of rotatable bonds is 7. The zero-order valence-electron chi connectivity index (χ0n) is 14.5. The molecule has 7 nitrogen and oxygen atoms in total. The number of thiazole rings is 1. The fourth-order valence-corrected chi connectivity index (χ4v) is 3.65. The highest BCUT2D eigenvalue weighted by atomic mass is 32.2. The molecule has 0 fully saturated rings. The maximum Gasteiger partial charge on any atom is 0.226 e. The highest BCUT2D eigenvalue weighted by Crippen LogP contribution is 2.22. The van der Waals surface area contributed by atoms with E-state index in [9.17, 15) is 13.2 Å². The van der Waals surface area contributed by atoms with Gasteiger partial charge in [-0.15, -0.1) is 11.3 Å². The van der Waals surface area contributed by atoms with Gasteiger partial charge in [-0.25, -0.2) is 13.4 Å². The van der Waals surface area contributed by atoms with Crippen molar-refractivity contribution in [3.8, 4) is 0 Å². The minimum Gasteiger partial charge on any atom is -0.352 e. The van der Waals surface area contributed by atoms with Crippen LogP contribution in [-0.2, 0) is 27.6 Å². The fourth-order valence-electron chi connectivity index (χ4n) is 2.28. The summed E-state index contributed by atoms with van der Waals surface area (Å²) in [6.07, 6.45) is 4.75. The number of aromatic nitrogens is 2. The molecule has 140 valence electrons. The number of sulfone groups is 1. The van der Waals surface area contributed by atoms with E-state index in [-0.39, 0.29) is 17.2 Å². The van der Waals surface area contributed by atoms with Gasteiger partial charge in [0.15, 0.2) is 15.0 Å². The second-order valence-corrected chi connectivity index (χ2v) is 8.75. The molecule has 3 aromatic rings. The summed E-state index contributed by atoms with van der Waals surface area (Å²) in [4.78, 5) is 20.7. The van der Waals surface area contributed by atoms with E-state index in [1.54, 1.807) is 24.5 Å². The summed E-state index contributed by atoms with van der Waals surface area (Å²) in [5.41, 5.74) is 2.33. The molecule has 0 saturated heterocycles. The Bertz CT molecular complexity index is 1020. The van der Waals surface area contributed by atoms with Crippen LogP contribution in [0.25, 0.3) is 0 Å². The lowest BCUT2D eigenvalue weighted by atomic mass is 10.2. The molecule has 1 amide bonds. The maximum absolute atomic E-state index is 12.0. The third kappa shape index (κ3) is 5.60. The summed E-state index contributed by atoms with van der Waals surface area (Å²) >= 11 is 1.38. The predicted molar refractivity (Wildman–Crippen MR) is 105 cm³/mol. The van der Waals surface area contributed by atoms with Crippen molar-refractivity contribution >= 4 is 37.9 Å². The first kappa shape index (κ1) is 19.0. The number of hydrogen-bond acceptors (Lipinski definition) is 7. The van der Waals surface area contributed by atoms with Crippen LogP contribution in [0.5, 0.6) is 0 Å². The summed E-state index contributed by atoms with van der Waals surface area (Å²) in [5.74, 6) is -0.117. The fraction of sp³-hybridized carbons (Fsp3) is 0.167. The van der Waals surface area contributed by atoms with Crippen LogP contribution in [-0.4, -0.2) is 30.5 Å². The van der Waals surface area contributed by atoms with Crippen LogP contribution in [0.2, 0.25) is 0 Å². The van der Waals surface area contributed by atoms with Crippen LogP contribution in [0, 0.1) is 0 Å². The molecule has 0 atom stereocenters. The zero-order valence-corrected chi connectivity index (χ0v) is 16.2. The monoisotopic (exact) mass is 402 g/mol. The highest BCUT2D eigenvalue weighted by Gasteiger charge is 2.09. The third-order valence-corrected chi connectivity index (χ3v) is 5.57. The maximum atomic E-state index is 12.0. The first-order valence-corrected chi connectivity index (χ1v) is 10.8. The number of amides is 1. The van der Waals surface area contributed by atoms with Crippen molar-refractivity contribution in [3.05, 3.63) is 65.4 Å². The van der Waals surface area contributed by atoms with Gasteiger partial charge in [0.2, 0.25) is 5.91 Å². The normalized spacial score (nSPS) is 11.1. The van der Waals surface area contributed by atoms with E-state index in [1.807, 2.05) is 17.5 Å². The highest BCUT2D eigenvalue weighted by molar-refractivity contribution is 7.90. The predicted octanol–water partition coefficient (Wildman–Crippen LogP) is 2.54. The number of nitrogens with zero attached hydrogens (tertiary/aromatic N) is 2. The topological polar surface area (TPSA) is 101 Å². The molecule has 0 aliphatic heterocycles. The number of carbonyl (C=O) groups is 1. The number of anilines is 2. The number of carbonyl (C=O) groups excluding carboxylic acids is 1. The van der Waals surface area contributed by atoms with Gasteiger partial charge in [0, 0.05) is 36.3 Å². The number of nitrogens with one attached hydrogen (secondary N) is 2. The minimum atomic E-state index is -3.22. The van der Waals surface area contributed by atoms with Crippen LogP contribution < -0.4 is 10.6 Å². The van der Waals surface area contributed by atoms with Gasteiger partial charge in [-0.05, 0) is 35.9 Å². The van der Waals surface area contributed by atoms with Gasteiger partial charge in [0.1, 0.15) is 0 Å². The van der Waals surface area contributed by atoms with Crippen molar-refractivity contribution < 1.29 is 13.2 Å². The molecule has 0 aliphatic carbocycles. The second-order valence-electron chi connectivity index (χ2n) is 5.88. The van der Waals surface area contributed by atoms with Gasteiger partial charge in [-0.1, -0.05) is 6.07 Å². The van der Waals surface area contributed by atoms with Crippen molar-refractivity contribution in [2.24, 2.45) is 0 Å². The minimum absolute atomic E-state index is 0.117. The van der Waals surface area contributed by atoms with E-state index in [0.29, 0.717) is 17.4 Å². The smallest absolute Gasteiger partial charge is 0.226 e. The molecule has 27 heavy (non-hydrogen) atoms. The summed E-state index contributed by atoms with van der Waals surface area (Å²) < 4.78 is 23.0. The standard InChI is InChI=1S/C18H18N4O3S2/c1-27(24,25)16-6-4-14(5-7-16)21-18-22-15(12-26-18)9-17(23)20-11-13-3-2-8-19-10-13/h2-8,10,12H,9,11H2,1H3,(H,20,23)(H,21,22). The van der Waals surface area contributed by atoms with Crippen molar-refractivity contribution in [2.45, 2.75) is 17.9 Å². The Hall–Kier alpha value is -2.78. The molecule has 0 bridgehead atoms. The van der Waals surface area contributed by atoms with Gasteiger partial charge in [0.25, 0.3) is 0 Å². The number of benzene rings is 1. The molecule has 0 unspecified atom stereocenters. The van der Waals surface area contributed by atoms with Gasteiger partial charge in [-0.3, -0.25) is 9.78 Å². The van der Waals surface area contributed by atoms with E-state index >= 15 is 0 Å². The molecular formula is C18H18N4O3S2. The molecule has 2 aromatic heterocycles. The van der Waals surface area contributed by atoms with Crippen molar-refractivity contribution in [1.82, 2.24) is 15.3 Å². The summed E-state index contributed by atoms with van der Waals surface area (Å²) in [7, 11) is -3.22. The van der Waals surface area contributed by atoms with Crippen LogP contribution in [0.15, 0.2) is 59.1 Å². The Morgan fingerprint density at radius 2 is 1.96 bits per heavy atom. The molecule has 9 heteroatoms. The summed E-state index contributed by atoms with van der Waals surface area (Å²) in [6, 6.07) is 10.2. The van der Waals surface area contributed by atoms with E-state index in [2.05, 4.69) is 20.6 Å². The summed E-state index contributed by atoms with van der Waals surface area (Å²) in [6.45, 7) is 0.425. The molecular weight excluding hydrogens is 384 g/mol. The third-order valence-electron chi connectivity index (χ3n) is 3.64. The van der Waals surface area contributed by atoms with Crippen molar-refractivity contribution in [1.29, 1.82) is 0 Å². The molecule has 3 rings (SSSR count). The van der Waals surface area contributed by atoms with Crippen LogP contribution >= 0.6 is 11.3 Å². The molecule has 0 aliphatic rings. The van der Waals surface area contributed by atoms with E-state index in [0.717, 1.165) is 11.3 Å².